The average molecular weight is 437 g/mol. The Bertz CT molecular complexity index is 1510. The number of aromatic nitrogens is 1. The second-order valence-electron chi connectivity index (χ2n) is 8.71. The predicted octanol–water partition coefficient (Wildman–Crippen LogP) is 8.13. The molecule has 1 aromatic heterocycles. The molecule has 2 heteroatoms. The van der Waals surface area contributed by atoms with Gasteiger partial charge in [-0.1, -0.05) is 84.9 Å². The molecule has 1 aliphatic rings. The number of rotatable bonds is 2. The van der Waals surface area contributed by atoms with Gasteiger partial charge in [-0.15, -0.1) is 0 Å². The second kappa shape index (κ2) is 8.57. The average Bonchev–Trinajstić information content (AvgIpc) is 2.95. The maximum absolute atomic E-state index is 5.04. The fourth-order valence-corrected chi connectivity index (χ4v) is 4.78. The Labute approximate surface area is 200 Å². The number of fused-ring (bicyclic) bond motifs is 4. The van der Waals surface area contributed by atoms with Crippen LogP contribution in [0.1, 0.15) is 23.6 Å². The van der Waals surface area contributed by atoms with Crippen LogP contribution in [0.15, 0.2) is 120 Å². The van der Waals surface area contributed by atoms with Crippen molar-refractivity contribution in [2.75, 3.05) is 0 Å². The second-order valence-corrected chi connectivity index (χ2v) is 8.71. The first-order valence-electron chi connectivity index (χ1n) is 11.6. The van der Waals surface area contributed by atoms with Crippen molar-refractivity contribution in [2.24, 2.45) is 4.99 Å². The van der Waals surface area contributed by atoms with Gasteiger partial charge in [0.15, 0.2) is 0 Å². The van der Waals surface area contributed by atoms with Gasteiger partial charge >= 0.3 is 0 Å². The molecule has 0 bridgehead atoms. The molecule has 0 atom stereocenters. The molecule has 1 aliphatic heterocycles. The monoisotopic (exact) mass is 436 g/mol. The molecule has 0 spiro atoms. The van der Waals surface area contributed by atoms with Crippen LogP contribution in [0.4, 0.5) is 5.69 Å². The Balaban J connectivity index is 1.48. The zero-order chi connectivity index (χ0) is 22.9. The van der Waals surface area contributed by atoms with Crippen molar-refractivity contribution in [1.82, 2.24) is 4.98 Å². The SMILES string of the molecule is CC1=Nc2ccccc2Cc2ccccc2-c2cc(-c3ccc(-c4ccccn4)cc3)ccc21. The number of hydrogen-bond donors (Lipinski definition) is 0. The molecule has 0 unspecified atom stereocenters. The van der Waals surface area contributed by atoms with E-state index < -0.39 is 0 Å². The summed E-state index contributed by atoms with van der Waals surface area (Å²) < 4.78 is 0. The van der Waals surface area contributed by atoms with Gasteiger partial charge in [-0.05, 0) is 64.6 Å². The van der Waals surface area contributed by atoms with E-state index in [9.17, 15) is 0 Å². The van der Waals surface area contributed by atoms with Crippen molar-refractivity contribution < 1.29 is 0 Å². The van der Waals surface area contributed by atoms with Crippen LogP contribution >= 0.6 is 0 Å². The van der Waals surface area contributed by atoms with Gasteiger partial charge in [-0.3, -0.25) is 9.98 Å². The Morgan fingerprint density at radius 1 is 0.559 bits per heavy atom. The van der Waals surface area contributed by atoms with Crippen LogP contribution in [-0.2, 0) is 6.42 Å². The summed E-state index contributed by atoms with van der Waals surface area (Å²) in [6.07, 6.45) is 2.70. The lowest BCUT2D eigenvalue weighted by molar-refractivity contribution is 1.19. The first kappa shape index (κ1) is 20.3. The number of aliphatic imine (C=N–C) groups is 1. The van der Waals surface area contributed by atoms with Gasteiger partial charge in [0.1, 0.15) is 0 Å². The van der Waals surface area contributed by atoms with Gasteiger partial charge in [0.05, 0.1) is 11.4 Å². The number of pyridine rings is 1. The van der Waals surface area contributed by atoms with E-state index in [0.717, 1.165) is 29.1 Å². The number of hydrogen-bond acceptors (Lipinski definition) is 2. The fraction of sp³-hybridized carbons (Fsp3) is 0.0625. The molecule has 0 fully saturated rings. The molecule has 2 heterocycles. The molecule has 2 nitrogen and oxygen atoms in total. The predicted molar refractivity (Wildman–Crippen MR) is 142 cm³/mol. The van der Waals surface area contributed by atoms with Crippen LogP contribution in [0.25, 0.3) is 33.5 Å². The third-order valence-electron chi connectivity index (χ3n) is 6.56. The maximum atomic E-state index is 5.04. The first-order valence-corrected chi connectivity index (χ1v) is 11.6. The van der Waals surface area contributed by atoms with E-state index in [2.05, 4.69) is 103 Å². The van der Waals surface area contributed by atoms with E-state index >= 15 is 0 Å². The summed E-state index contributed by atoms with van der Waals surface area (Å²) in [6, 6.07) is 38.6. The normalized spacial score (nSPS) is 12.3. The third-order valence-corrected chi connectivity index (χ3v) is 6.56. The summed E-state index contributed by atoms with van der Waals surface area (Å²) in [6.45, 7) is 2.12. The van der Waals surface area contributed by atoms with E-state index in [1.165, 1.54) is 38.9 Å². The minimum atomic E-state index is 0.867. The molecule has 4 aromatic carbocycles. The zero-order valence-electron chi connectivity index (χ0n) is 19.1. The van der Waals surface area contributed by atoms with Crippen LogP contribution in [0, 0.1) is 0 Å². The van der Waals surface area contributed by atoms with Gasteiger partial charge in [-0.2, -0.15) is 0 Å². The summed E-state index contributed by atoms with van der Waals surface area (Å²) in [5, 5.41) is 0. The van der Waals surface area contributed by atoms with E-state index in [4.69, 9.17) is 4.99 Å². The molecule has 0 saturated heterocycles. The van der Waals surface area contributed by atoms with Gasteiger partial charge < -0.3 is 0 Å². The fourth-order valence-electron chi connectivity index (χ4n) is 4.78. The van der Waals surface area contributed by atoms with Gasteiger partial charge in [0.2, 0.25) is 0 Å². The molecular weight excluding hydrogens is 412 g/mol. The van der Waals surface area contributed by atoms with Crippen molar-refractivity contribution in [3.05, 3.63) is 132 Å². The topological polar surface area (TPSA) is 25.2 Å². The van der Waals surface area contributed by atoms with Gasteiger partial charge in [0.25, 0.3) is 0 Å². The molecule has 6 rings (SSSR count). The first-order chi connectivity index (χ1) is 16.8. The Hall–Kier alpha value is -4.30. The van der Waals surface area contributed by atoms with E-state index in [1.54, 1.807) is 0 Å². The Morgan fingerprint density at radius 3 is 2.09 bits per heavy atom. The van der Waals surface area contributed by atoms with Crippen molar-refractivity contribution in [3.63, 3.8) is 0 Å². The largest absolute Gasteiger partial charge is 0.256 e. The van der Waals surface area contributed by atoms with Crippen molar-refractivity contribution in [3.8, 4) is 33.5 Å². The minimum absolute atomic E-state index is 0.867. The van der Waals surface area contributed by atoms with E-state index in [-0.39, 0.29) is 0 Å². The Morgan fingerprint density at radius 2 is 1.26 bits per heavy atom. The maximum Gasteiger partial charge on any atom is 0.0701 e. The summed E-state index contributed by atoms with van der Waals surface area (Å²) >= 11 is 0. The molecule has 0 aliphatic carbocycles. The van der Waals surface area contributed by atoms with Crippen molar-refractivity contribution in [2.45, 2.75) is 13.3 Å². The number of nitrogens with zero attached hydrogens (tertiary/aromatic N) is 2. The standard InChI is InChI=1S/C32H24N2/c1-22-28-18-17-25(23-13-15-24(16-14-23)31-11-6-7-19-33-31)21-30(28)29-10-4-2-8-26(29)20-27-9-3-5-12-32(27)34-22/h2-19,21H,20H2,1H3. The lowest BCUT2D eigenvalue weighted by atomic mass is 9.89. The Kier molecular flexibility index (Phi) is 5.12. The third kappa shape index (κ3) is 3.74. The molecule has 162 valence electrons. The number of benzene rings is 4. The highest BCUT2D eigenvalue weighted by atomic mass is 14.7. The zero-order valence-corrected chi connectivity index (χ0v) is 19.1. The van der Waals surface area contributed by atoms with Gasteiger partial charge in [0, 0.05) is 29.5 Å². The summed E-state index contributed by atoms with van der Waals surface area (Å²) in [5.74, 6) is 0. The lowest BCUT2D eigenvalue weighted by Gasteiger charge is -2.15. The van der Waals surface area contributed by atoms with Crippen LogP contribution in [0.5, 0.6) is 0 Å². The highest BCUT2D eigenvalue weighted by Crippen LogP contribution is 2.36. The lowest BCUT2D eigenvalue weighted by Crippen LogP contribution is -1.99. The summed E-state index contributed by atoms with van der Waals surface area (Å²) in [5.41, 5.74) is 12.9. The molecule has 0 radical (unpaired) electrons. The van der Waals surface area contributed by atoms with Crippen molar-refractivity contribution in [1.29, 1.82) is 0 Å². The minimum Gasteiger partial charge on any atom is -0.256 e. The molecule has 5 aromatic rings. The van der Waals surface area contributed by atoms with Crippen molar-refractivity contribution >= 4 is 11.4 Å². The molecule has 0 N–H and O–H groups in total. The van der Waals surface area contributed by atoms with E-state index in [1.807, 2.05) is 24.4 Å². The summed E-state index contributed by atoms with van der Waals surface area (Å²) in [4.78, 5) is 9.52. The van der Waals surface area contributed by atoms with Crippen LogP contribution in [0.2, 0.25) is 0 Å². The quantitative estimate of drug-likeness (QED) is 0.274. The highest BCUT2D eigenvalue weighted by molar-refractivity contribution is 6.07. The van der Waals surface area contributed by atoms with Crippen LogP contribution in [-0.4, -0.2) is 10.7 Å². The molecule has 0 amide bonds. The summed E-state index contributed by atoms with van der Waals surface area (Å²) in [7, 11) is 0. The molecular formula is C32H24N2. The smallest absolute Gasteiger partial charge is 0.0701 e. The van der Waals surface area contributed by atoms with Crippen LogP contribution < -0.4 is 0 Å². The molecule has 0 saturated carbocycles. The van der Waals surface area contributed by atoms with E-state index in [0.29, 0.717) is 0 Å². The van der Waals surface area contributed by atoms with Gasteiger partial charge in [-0.25, -0.2) is 0 Å². The molecule has 34 heavy (non-hydrogen) atoms. The number of para-hydroxylation sites is 1. The van der Waals surface area contributed by atoms with Crippen LogP contribution in [0.3, 0.4) is 0 Å². The highest BCUT2D eigenvalue weighted by Gasteiger charge is 2.17.